The molecule has 0 unspecified atom stereocenters. The lowest BCUT2D eigenvalue weighted by molar-refractivity contribution is -0.117. The molecule has 0 saturated carbocycles. The van der Waals surface area contributed by atoms with E-state index in [9.17, 15) is 13.6 Å². The van der Waals surface area contributed by atoms with Crippen molar-refractivity contribution >= 4 is 17.3 Å². The minimum absolute atomic E-state index is 0.126. The second-order valence-corrected chi connectivity index (χ2v) is 4.87. The smallest absolute Gasteiger partial charge is 0.246 e. The van der Waals surface area contributed by atoms with Crippen molar-refractivity contribution in [2.75, 3.05) is 11.1 Å². The molecule has 3 N–H and O–H groups in total. The number of nitrogens with one attached hydrogen (secondary N) is 1. The molecule has 1 aromatic heterocycles. The van der Waals surface area contributed by atoms with E-state index in [1.54, 1.807) is 13.8 Å². The number of anilines is 2. The standard InChI is InChI=1S/C14H16F2N4O/c1-7-4-11(16)12(5-10(7)15)18-13(21)6-20-9(3)14(17)8(2)19-20/h4-5H,6,17H2,1-3H3,(H,18,21). The van der Waals surface area contributed by atoms with Crippen molar-refractivity contribution in [3.63, 3.8) is 0 Å². The molecule has 21 heavy (non-hydrogen) atoms. The number of hydrogen-bond acceptors (Lipinski definition) is 3. The molecule has 0 saturated heterocycles. The summed E-state index contributed by atoms with van der Waals surface area (Å²) in [6.45, 7) is 4.78. The third-order valence-electron chi connectivity index (χ3n) is 3.25. The van der Waals surface area contributed by atoms with E-state index < -0.39 is 17.5 Å². The number of carbonyl (C=O) groups is 1. The average Bonchev–Trinajstić information content (AvgIpc) is 2.63. The van der Waals surface area contributed by atoms with E-state index in [0.717, 1.165) is 12.1 Å². The summed E-state index contributed by atoms with van der Waals surface area (Å²) in [7, 11) is 0. The molecule has 0 bridgehead atoms. The van der Waals surface area contributed by atoms with Gasteiger partial charge in [-0.3, -0.25) is 9.48 Å². The number of rotatable bonds is 3. The number of carbonyl (C=O) groups excluding carboxylic acids is 1. The Hall–Kier alpha value is -2.44. The van der Waals surface area contributed by atoms with Gasteiger partial charge in [0.15, 0.2) is 0 Å². The van der Waals surface area contributed by atoms with Crippen LogP contribution in [-0.2, 0) is 11.3 Å². The zero-order valence-electron chi connectivity index (χ0n) is 12.0. The van der Waals surface area contributed by atoms with E-state index in [0.29, 0.717) is 17.1 Å². The lowest BCUT2D eigenvalue weighted by Crippen LogP contribution is -2.21. The first-order chi connectivity index (χ1) is 9.79. The molecule has 1 amide bonds. The van der Waals surface area contributed by atoms with Crippen LogP contribution in [0.4, 0.5) is 20.2 Å². The van der Waals surface area contributed by atoms with Gasteiger partial charge in [0.1, 0.15) is 18.2 Å². The Morgan fingerprint density at radius 1 is 1.29 bits per heavy atom. The number of nitrogens with two attached hydrogens (primary N) is 1. The lowest BCUT2D eigenvalue weighted by Gasteiger charge is -2.09. The summed E-state index contributed by atoms with van der Waals surface area (Å²) >= 11 is 0. The highest BCUT2D eigenvalue weighted by Crippen LogP contribution is 2.19. The van der Waals surface area contributed by atoms with Crippen molar-refractivity contribution in [1.29, 1.82) is 0 Å². The molecule has 0 atom stereocenters. The van der Waals surface area contributed by atoms with Gasteiger partial charge in [0, 0.05) is 6.07 Å². The maximum absolute atomic E-state index is 13.7. The van der Waals surface area contributed by atoms with Gasteiger partial charge < -0.3 is 11.1 Å². The molecule has 0 aliphatic heterocycles. The summed E-state index contributed by atoms with van der Waals surface area (Å²) in [6, 6.07) is 1.99. The largest absolute Gasteiger partial charge is 0.396 e. The number of amides is 1. The molecule has 0 spiro atoms. The summed E-state index contributed by atoms with van der Waals surface area (Å²) in [4.78, 5) is 11.9. The monoisotopic (exact) mass is 294 g/mol. The van der Waals surface area contributed by atoms with Crippen LogP contribution in [0.25, 0.3) is 0 Å². The number of aromatic nitrogens is 2. The van der Waals surface area contributed by atoms with Gasteiger partial charge in [0.05, 0.1) is 22.8 Å². The SMILES string of the molecule is Cc1cc(F)c(NC(=O)Cn2nc(C)c(N)c2C)cc1F. The van der Waals surface area contributed by atoms with Gasteiger partial charge in [-0.25, -0.2) is 8.78 Å². The molecule has 7 heteroatoms. The van der Waals surface area contributed by atoms with Crippen LogP contribution in [0.1, 0.15) is 17.0 Å². The van der Waals surface area contributed by atoms with Crippen LogP contribution >= 0.6 is 0 Å². The fourth-order valence-corrected chi connectivity index (χ4v) is 1.93. The van der Waals surface area contributed by atoms with Crippen molar-refractivity contribution in [1.82, 2.24) is 9.78 Å². The third kappa shape index (κ3) is 3.01. The maximum atomic E-state index is 13.7. The van der Waals surface area contributed by atoms with Gasteiger partial charge in [0.25, 0.3) is 0 Å². The molecule has 0 aliphatic carbocycles. The number of hydrogen-bond donors (Lipinski definition) is 2. The van der Waals surface area contributed by atoms with Gasteiger partial charge in [-0.05, 0) is 32.4 Å². The van der Waals surface area contributed by atoms with Crippen molar-refractivity contribution in [2.24, 2.45) is 0 Å². The quantitative estimate of drug-likeness (QED) is 0.912. The fraction of sp³-hybridized carbons (Fsp3) is 0.286. The van der Waals surface area contributed by atoms with E-state index >= 15 is 0 Å². The van der Waals surface area contributed by atoms with Gasteiger partial charge in [-0.1, -0.05) is 0 Å². The molecule has 2 aromatic rings. The Kier molecular flexibility index (Phi) is 3.93. The van der Waals surface area contributed by atoms with E-state index in [-0.39, 0.29) is 17.8 Å². The van der Waals surface area contributed by atoms with Gasteiger partial charge in [0.2, 0.25) is 5.91 Å². The van der Waals surface area contributed by atoms with E-state index in [1.807, 2.05) is 0 Å². The summed E-state index contributed by atoms with van der Waals surface area (Å²) in [5.41, 5.74) is 7.53. The molecule has 1 aromatic carbocycles. The highest BCUT2D eigenvalue weighted by atomic mass is 19.1. The van der Waals surface area contributed by atoms with Crippen LogP contribution in [0.15, 0.2) is 12.1 Å². The predicted octanol–water partition coefficient (Wildman–Crippen LogP) is 2.31. The highest BCUT2D eigenvalue weighted by Gasteiger charge is 2.14. The molecular weight excluding hydrogens is 278 g/mol. The summed E-state index contributed by atoms with van der Waals surface area (Å²) < 4.78 is 28.5. The van der Waals surface area contributed by atoms with Gasteiger partial charge >= 0.3 is 0 Å². The minimum Gasteiger partial charge on any atom is -0.396 e. The normalized spacial score (nSPS) is 10.7. The Balaban J connectivity index is 2.15. The third-order valence-corrected chi connectivity index (χ3v) is 3.25. The Labute approximate surface area is 120 Å². The minimum atomic E-state index is -0.685. The van der Waals surface area contributed by atoms with Crippen LogP contribution in [-0.4, -0.2) is 15.7 Å². The van der Waals surface area contributed by atoms with E-state index in [4.69, 9.17) is 5.73 Å². The van der Waals surface area contributed by atoms with Crippen LogP contribution in [0.3, 0.4) is 0 Å². The Morgan fingerprint density at radius 3 is 2.52 bits per heavy atom. The number of benzene rings is 1. The Morgan fingerprint density at radius 2 is 1.95 bits per heavy atom. The number of aryl methyl sites for hydroxylation is 2. The first-order valence-corrected chi connectivity index (χ1v) is 6.34. The van der Waals surface area contributed by atoms with Crippen LogP contribution in [0.2, 0.25) is 0 Å². The molecule has 0 aliphatic rings. The second-order valence-electron chi connectivity index (χ2n) is 4.87. The average molecular weight is 294 g/mol. The zero-order valence-corrected chi connectivity index (χ0v) is 12.0. The zero-order chi connectivity index (χ0) is 15.7. The van der Waals surface area contributed by atoms with E-state index in [2.05, 4.69) is 10.4 Å². The van der Waals surface area contributed by atoms with Crippen molar-refractivity contribution < 1.29 is 13.6 Å². The topological polar surface area (TPSA) is 72.9 Å². The molecule has 2 rings (SSSR count). The highest BCUT2D eigenvalue weighted by molar-refractivity contribution is 5.90. The Bertz CT molecular complexity index is 709. The maximum Gasteiger partial charge on any atom is 0.246 e. The molecule has 0 fully saturated rings. The van der Waals surface area contributed by atoms with Crippen molar-refractivity contribution in [2.45, 2.75) is 27.3 Å². The fourth-order valence-electron chi connectivity index (χ4n) is 1.93. The van der Waals surface area contributed by atoms with Crippen molar-refractivity contribution in [3.8, 4) is 0 Å². The molecule has 0 radical (unpaired) electrons. The van der Waals surface area contributed by atoms with E-state index in [1.165, 1.54) is 11.6 Å². The molecule has 1 heterocycles. The molecule has 5 nitrogen and oxygen atoms in total. The summed E-state index contributed by atoms with van der Waals surface area (Å²) in [5, 5.41) is 6.44. The van der Waals surface area contributed by atoms with Gasteiger partial charge in [-0.15, -0.1) is 0 Å². The van der Waals surface area contributed by atoms with Crippen molar-refractivity contribution in [3.05, 3.63) is 40.7 Å². The summed E-state index contributed by atoms with van der Waals surface area (Å²) in [6.07, 6.45) is 0. The van der Waals surface area contributed by atoms with Crippen LogP contribution < -0.4 is 11.1 Å². The first-order valence-electron chi connectivity index (χ1n) is 6.34. The van der Waals surface area contributed by atoms with Crippen LogP contribution in [0.5, 0.6) is 0 Å². The predicted molar refractivity (Wildman–Crippen MR) is 75.8 cm³/mol. The number of halogens is 2. The number of nitrogens with zero attached hydrogens (tertiary/aromatic N) is 2. The lowest BCUT2D eigenvalue weighted by atomic mass is 10.2. The molecular formula is C14H16F2N4O. The second kappa shape index (κ2) is 5.51. The first kappa shape index (κ1) is 15.0. The molecule has 112 valence electrons. The number of nitrogen functional groups attached to an aromatic ring is 1. The summed E-state index contributed by atoms with van der Waals surface area (Å²) in [5.74, 6) is -1.78. The van der Waals surface area contributed by atoms with Gasteiger partial charge in [-0.2, -0.15) is 5.10 Å². The van der Waals surface area contributed by atoms with Crippen LogP contribution in [0, 0.1) is 32.4 Å².